The number of carbonyl (C=O) groups excluding carboxylic acids is 1. The summed E-state index contributed by atoms with van der Waals surface area (Å²) < 4.78 is 6.65. The highest BCUT2D eigenvalue weighted by atomic mass is 16.5. The number of hydrogen-bond acceptors (Lipinski definition) is 5. The molecule has 7 heteroatoms. The first-order valence-corrected chi connectivity index (χ1v) is 14.1. The van der Waals surface area contributed by atoms with Crippen LogP contribution in [0, 0.1) is 0 Å². The Kier molecular flexibility index (Phi) is 13.0. The summed E-state index contributed by atoms with van der Waals surface area (Å²) in [5, 5.41) is 15.6. The molecule has 2 N–H and O–H groups in total. The average molecular weight is 558 g/mol. The molecule has 41 heavy (non-hydrogen) atoms. The van der Waals surface area contributed by atoms with E-state index in [2.05, 4.69) is 84.6 Å². The van der Waals surface area contributed by atoms with Crippen molar-refractivity contribution in [2.45, 2.75) is 51.2 Å². The Morgan fingerprint density at radius 3 is 1.80 bits per heavy atom. The Labute approximate surface area is 242 Å². The summed E-state index contributed by atoms with van der Waals surface area (Å²) in [6, 6.07) is 29.1. The Morgan fingerprint density at radius 1 is 0.829 bits per heavy atom. The second-order valence-corrected chi connectivity index (χ2v) is 9.97. The fourth-order valence-electron chi connectivity index (χ4n) is 4.74. The van der Waals surface area contributed by atoms with Gasteiger partial charge in [-0.1, -0.05) is 91.9 Å². The molecule has 1 saturated heterocycles. The normalized spacial score (nSPS) is 14.0. The van der Waals surface area contributed by atoms with Crippen molar-refractivity contribution in [2.24, 2.45) is 0 Å². The van der Waals surface area contributed by atoms with E-state index < -0.39 is 11.9 Å². The Morgan fingerprint density at radius 2 is 1.34 bits per heavy atom. The second kappa shape index (κ2) is 16.9. The number of Topliss-reactive ketones (excluding diaryl/α,β-unsaturated/α-hetero) is 1. The Bertz CT molecular complexity index is 1190. The first-order valence-electron chi connectivity index (χ1n) is 14.1. The lowest BCUT2D eigenvalue weighted by Crippen LogP contribution is -2.38. The number of piperidine rings is 1. The van der Waals surface area contributed by atoms with Crippen molar-refractivity contribution in [1.82, 2.24) is 4.90 Å². The third-order valence-corrected chi connectivity index (χ3v) is 7.00. The lowest BCUT2D eigenvalue weighted by molar-refractivity contribution is -0.134. The van der Waals surface area contributed by atoms with Gasteiger partial charge in [-0.05, 0) is 48.9 Å². The third kappa shape index (κ3) is 11.1. The van der Waals surface area contributed by atoms with Gasteiger partial charge in [-0.2, -0.15) is 0 Å². The largest absolute Gasteiger partial charge is 0.478 e. The molecule has 0 spiro atoms. The number of ketones is 1. The van der Waals surface area contributed by atoms with Crippen LogP contribution >= 0.6 is 0 Å². The fraction of sp³-hybridized carbons (Fsp3) is 0.324. The number of carbonyl (C=O) groups is 3. The van der Waals surface area contributed by atoms with Crippen molar-refractivity contribution in [3.63, 3.8) is 0 Å². The number of carboxylic acid groups (broad SMARTS) is 2. The van der Waals surface area contributed by atoms with Gasteiger partial charge in [0.15, 0.2) is 5.78 Å². The molecule has 0 bridgehead atoms. The number of rotatable bonds is 12. The number of hydrogen-bond donors (Lipinski definition) is 2. The minimum absolute atomic E-state index is 0.0272. The molecule has 3 aromatic carbocycles. The average Bonchev–Trinajstić information content (AvgIpc) is 3.00. The summed E-state index contributed by atoms with van der Waals surface area (Å²) in [6.07, 6.45) is 5.94. The summed E-state index contributed by atoms with van der Waals surface area (Å²) in [5.74, 6) is -2.26. The maximum atomic E-state index is 12.5. The van der Waals surface area contributed by atoms with E-state index in [1.54, 1.807) is 0 Å². The van der Waals surface area contributed by atoms with Crippen molar-refractivity contribution < 1.29 is 29.3 Å². The predicted octanol–water partition coefficient (Wildman–Crippen LogP) is 6.19. The Balaban J connectivity index is 0.000000507. The highest BCUT2D eigenvalue weighted by Gasteiger charge is 2.24. The second-order valence-electron chi connectivity index (χ2n) is 9.97. The van der Waals surface area contributed by atoms with Gasteiger partial charge in [0.25, 0.3) is 0 Å². The van der Waals surface area contributed by atoms with E-state index in [-0.39, 0.29) is 18.0 Å². The predicted molar refractivity (Wildman–Crippen MR) is 159 cm³/mol. The molecule has 216 valence electrons. The van der Waals surface area contributed by atoms with Crippen LogP contribution in [0.15, 0.2) is 97.1 Å². The minimum Gasteiger partial charge on any atom is -0.478 e. The zero-order valence-electron chi connectivity index (χ0n) is 23.5. The van der Waals surface area contributed by atoms with Crippen molar-refractivity contribution in [2.75, 3.05) is 19.6 Å². The molecule has 0 aromatic heterocycles. The van der Waals surface area contributed by atoms with E-state index in [0.717, 1.165) is 50.9 Å². The molecule has 0 saturated carbocycles. The van der Waals surface area contributed by atoms with E-state index in [1.807, 2.05) is 12.1 Å². The van der Waals surface area contributed by atoms with Crippen LogP contribution in [-0.2, 0) is 20.7 Å². The molecular formula is C34H39NO6. The summed E-state index contributed by atoms with van der Waals surface area (Å²) >= 11 is 0. The van der Waals surface area contributed by atoms with Gasteiger partial charge >= 0.3 is 11.9 Å². The number of likely N-dealkylation sites (tertiary alicyclic amines) is 1. The molecule has 1 heterocycles. The molecule has 1 aliphatic rings. The van der Waals surface area contributed by atoms with Crippen LogP contribution in [0.5, 0.6) is 0 Å². The van der Waals surface area contributed by atoms with Crippen molar-refractivity contribution in [3.05, 3.63) is 119 Å². The fourth-order valence-corrected chi connectivity index (χ4v) is 4.74. The molecule has 1 fully saturated rings. The van der Waals surface area contributed by atoms with E-state index in [4.69, 9.17) is 14.9 Å². The van der Waals surface area contributed by atoms with E-state index in [0.29, 0.717) is 18.6 Å². The summed E-state index contributed by atoms with van der Waals surface area (Å²) in [6.45, 7) is 5.17. The summed E-state index contributed by atoms with van der Waals surface area (Å²) in [5.41, 5.74) is 4.53. The van der Waals surface area contributed by atoms with Gasteiger partial charge in [0.2, 0.25) is 0 Å². The van der Waals surface area contributed by atoms with Crippen LogP contribution < -0.4 is 0 Å². The molecule has 1 aliphatic heterocycles. The van der Waals surface area contributed by atoms with Gasteiger partial charge in [-0.25, -0.2) is 9.59 Å². The van der Waals surface area contributed by atoms with Gasteiger partial charge in [0.05, 0.1) is 6.10 Å². The number of ether oxygens (including phenoxy) is 1. The molecule has 0 atom stereocenters. The van der Waals surface area contributed by atoms with Crippen LogP contribution in [0.4, 0.5) is 0 Å². The van der Waals surface area contributed by atoms with Crippen LogP contribution in [-0.4, -0.2) is 58.6 Å². The molecule has 3 aromatic rings. The Hall–Kier alpha value is -4.07. The van der Waals surface area contributed by atoms with Gasteiger partial charge in [-0.15, -0.1) is 0 Å². The molecule has 0 amide bonds. The molecule has 0 unspecified atom stereocenters. The van der Waals surface area contributed by atoms with Crippen molar-refractivity contribution in [1.29, 1.82) is 0 Å². The van der Waals surface area contributed by atoms with Crippen molar-refractivity contribution in [3.8, 4) is 0 Å². The molecular weight excluding hydrogens is 518 g/mol. The molecule has 7 nitrogen and oxygen atoms in total. The van der Waals surface area contributed by atoms with Gasteiger partial charge < -0.3 is 19.8 Å². The lowest BCUT2D eigenvalue weighted by atomic mass is 10.00. The number of nitrogens with zero attached hydrogens (tertiary/aromatic N) is 1. The number of aryl methyl sites for hydroxylation is 1. The van der Waals surface area contributed by atoms with E-state index in [1.165, 1.54) is 16.7 Å². The highest BCUT2D eigenvalue weighted by molar-refractivity contribution is 5.96. The van der Waals surface area contributed by atoms with E-state index >= 15 is 0 Å². The monoisotopic (exact) mass is 557 g/mol. The molecule has 0 radical (unpaired) electrons. The molecule has 4 rings (SSSR count). The zero-order chi connectivity index (χ0) is 29.5. The number of benzene rings is 3. The first kappa shape index (κ1) is 31.5. The quantitative estimate of drug-likeness (QED) is 0.202. The molecule has 0 aliphatic carbocycles. The van der Waals surface area contributed by atoms with Crippen LogP contribution in [0.3, 0.4) is 0 Å². The van der Waals surface area contributed by atoms with E-state index in [9.17, 15) is 14.4 Å². The standard InChI is InChI=1S/C30H35NO2.C4H4O4/c1-2-24-15-17-25(18-16-24)29(32)14-9-21-31-22-19-28(20-23-31)33-30(26-10-5-3-6-11-26)27-12-7-4-8-13-27;5-3(6)1-2-4(7)8/h3-8,10-13,15-18,28,30H,2,9,14,19-23H2,1H3;1-2H,(H,5,6)(H,7,8)/b;2-1+. The summed E-state index contributed by atoms with van der Waals surface area (Å²) in [7, 11) is 0. The zero-order valence-corrected chi connectivity index (χ0v) is 23.5. The number of carboxylic acids is 2. The third-order valence-electron chi connectivity index (χ3n) is 7.00. The van der Waals surface area contributed by atoms with Gasteiger partial charge in [0.1, 0.15) is 6.10 Å². The van der Waals surface area contributed by atoms with Gasteiger partial charge in [-0.3, -0.25) is 4.79 Å². The first-order chi connectivity index (χ1) is 19.9. The summed E-state index contributed by atoms with van der Waals surface area (Å²) in [4.78, 5) is 34.1. The minimum atomic E-state index is -1.26. The topological polar surface area (TPSA) is 104 Å². The van der Waals surface area contributed by atoms with Gasteiger partial charge in [0, 0.05) is 37.2 Å². The van der Waals surface area contributed by atoms with Crippen molar-refractivity contribution >= 4 is 17.7 Å². The van der Waals surface area contributed by atoms with Crippen LogP contribution in [0.2, 0.25) is 0 Å². The smallest absolute Gasteiger partial charge is 0.328 e. The maximum Gasteiger partial charge on any atom is 0.328 e. The maximum absolute atomic E-state index is 12.5. The lowest BCUT2D eigenvalue weighted by Gasteiger charge is -2.34. The van der Waals surface area contributed by atoms with Crippen LogP contribution in [0.25, 0.3) is 0 Å². The highest BCUT2D eigenvalue weighted by Crippen LogP contribution is 2.30. The number of aliphatic carboxylic acids is 2. The SMILES string of the molecule is CCc1ccc(C(=O)CCCN2CCC(OC(c3ccccc3)c3ccccc3)CC2)cc1.O=C(O)/C=C/C(=O)O. The van der Waals surface area contributed by atoms with Crippen LogP contribution in [0.1, 0.15) is 65.8 Å².